The summed E-state index contributed by atoms with van der Waals surface area (Å²) in [7, 11) is 0. The third-order valence-corrected chi connectivity index (χ3v) is 4.64. The van der Waals surface area contributed by atoms with E-state index in [4.69, 9.17) is 5.73 Å². The molecule has 142 valence electrons. The number of pyridine rings is 2. The third kappa shape index (κ3) is 3.71. The van der Waals surface area contributed by atoms with Crippen LogP contribution in [-0.4, -0.2) is 15.0 Å². The van der Waals surface area contributed by atoms with Gasteiger partial charge in [0.15, 0.2) is 0 Å². The first kappa shape index (κ1) is 18.4. The number of aromatic nitrogens is 3. The molecule has 0 fully saturated rings. The minimum atomic E-state index is -0.408. The maximum Gasteiger partial charge on any atom is 0.149 e. The Labute approximate surface area is 167 Å². The predicted octanol–water partition coefficient (Wildman–Crippen LogP) is 3.46. The molecule has 4 rings (SSSR count). The van der Waals surface area contributed by atoms with Crippen LogP contribution in [0.4, 0.5) is 4.39 Å². The van der Waals surface area contributed by atoms with E-state index in [0.29, 0.717) is 21.9 Å². The summed E-state index contributed by atoms with van der Waals surface area (Å²) >= 11 is 0. The Balaban J connectivity index is 1.95. The maximum absolute atomic E-state index is 14.8. The first-order valence-corrected chi connectivity index (χ1v) is 9.09. The first-order chi connectivity index (χ1) is 14.2. The molecule has 0 aliphatic heterocycles. The van der Waals surface area contributed by atoms with Crippen molar-refractivity contribution in [2.24, 2.45) is 5.73 Å². The lowest BCUT2D eigenvalue weighted by Gasteiger charge is -2.01. The fraction of sp³-hybridized carbons (Fsp3) is 0. The number of nitrogens with two attached hydrogens (primary N) is 1. The lowest BCUT2D eigenvalue weighted by molar-refractivity contribution is 0.621. The number of halogens is 1. The Bertz CT molecular complexity index is 1320. The van der Waals surface area contributed by atoms with Gasteiger partial charge >= 0.3 is 0 Å². The fourth-order valence-corrected chi connectivity index (χ4v) is 3.20. The van der Waals surface area contributed by atoms with E-state index in [1.165, 1.54) is 12.4 Å². The summed E-state index contributed by atoms with van der Waals surface area (Å²) in [4.78, 5) is 11.5. The lowest BCUT2D eigenvalue weighted by Crippen LogP contribution is -2.24. The molecule has 1 aromatic carbocycles. The van der Waals surface area contributed by atoms with Crippen molar-refractivity contribution in [1.82, 2.24) is 15.0 Å². The highest BCUT2D eigenvalue weighted by Crippen LogP contribution is 2.19. The Morgan fingerprint density at radius 3 is 2.62 bits per heavy atom. The molecule has 0 aliphatic carbocycles. The molecule has 3 N–H and O–H groups in total. The monoisotopic (exact) mass is 382 g/mol. The van der Waals surface area contributed by atoms with Crippen LogP contribution in [0.25, 0.3) is 41.0 Å². The van der Waals surface area contributed by atoms with Crippen LogP contribution in [0.5, 0.6) is 0 Å². The van der Waals surface area contributed by atoms with Gasteiger partial charge in [0, 0.05) is 34.8 Å². The zero-order chi connectivity index (χ0) is 20.2. The molecule has 4 nitrogen and oxygen atoms in total. The average Bonchev–Trinajstić information content (AvgIpc) is 3.12. The zero-order valence-electron chi connectivity index (χ0n) is 15.6. The molecule has 3 aromatic heterocycles. The number of hydrogen-bond donors (Lipinski definition) is 2. The van der Waals surface area contributed by atoms with Crippen LogP contribution in [-0.2, 0) is 0 Å². The van der Waals surface area contributed by atoms with Crippen LogP contribution in [0, 0.1) is 5.82 Å². The normalized spacial score (nSPS) is 12.9. The van der Waals surface area contributed by atoms with Gasteiger partial charge in [0.1, 0.15) is 11.5 Å². The second-order valence-electron chi connectivity index (χ2n) is 6.52. The molecule has 0 bridgehead atoms. The molecule has 0 atom stereocenters. The lowest BCUT2D eigenvalue weighted by atomic mass is 10.0. The Hall–Kier alpha value is -3.99. The number of allylic oxidation sites excluding steroid dienone is 1. The topological polar surface area (TPSA) is 67.6 Å². The Kier molecular flexibility index (Phi) is 5.03. The van der Waals surface area contributed by atoms with Gasteiger partial charge < -0.3 is 10.7 Å². The summed E-state index contributed by atoms with van der Waals surface area (Å²) in [5, 5.41) is 2.03. The van der Waals surface area contributed by atoms with Crippen LogP contribution < -0.4 is 16.3 Å². The zero-order valence-corrected chi connectivity index (χ0v) is 15.6. The molecule has 0 unspecified atom stereocenters. The van der Waals surface area contributed by atoms with Gasteiger partial charge in [-0.25, -0.2) is 9.37 Å². The molecule has 29 heavy (non-hydrogen) atoms. The largest absolute Gasteiger partial charge is 0.403 e. The highest BCUT2D eigenvalue weighted by atomic mass is 19.1. The molecule has 0 radical (unpaired) electrons. The highest BCUT2D eigenvalue weighted by molar-refractivity contribution is 5.95. The molecular formula is C24H19FN4. The molecule has 0 spiro atoms. The van der Waals surface area contributed by atoms with Gasteiger partial charge in [0.2, 0.25) is 0 Å². The van der Waals surface area contributed by atoms with Crippen LogP contribution in [0.15, 0.2) is 67.6 Å². The van der Waals surface area contributed by atoms with E-state index in [1.54, 1.807) is 18.5 Å². The van der Waals surface area contributed by atoms with Gasteiger partial charge in [-0.15, -0.1) is 0 Å². The molecule has 4 aromatic rings. The van der Waals surface area contributed by atoms with Crippen molar-refractivity contribution in [1.29, 1.82) is 0 Å². The molecular weight excluding hydrogens is 363 g/mol. The van der Waals surface area contributed by atoms with Gasteiger partial charge in [-0.2, -0.15) is 0 Å². The maximum atomic E-state index is 14.8. The SMILES string of the molecule is C=C(/C=c1\c(=C/N)[nH]c2ncc(F)c(/C=C/c3ccccc3)c12)c1cccnc1. The molecule has 5 heteroatoms. The van der Waals surface area contributed by atoms with E-state index < -0.39 is 5.82 Å². The first-order valence-electron chi connectivity index (χ1n) is 9.09. The van der Waals surface area contributed by atoms with E-state index in [-0.39, 0.29) is 0 Å². The summed E-state index contributed by atoms with van der Waals surface area (Å²) in [6, 6.07) is 13.5. The molecule has 3 heterocycles. The number of nitrogens with one attached hydrogen (secondary N) is 1. The molecule has 0 saturated heterocycles. The fourth-order valence-electron chi connectivity index (χ4n) is 3.20. The minimum Gasteiger partial charge on any atom is -0.403 e. The van der Waals surface area contributed by atoms with E-state index in [1.807, 2.05) is 54.6 Å². The summed E-state index contributed by atoms with van der Waals surface area (Å²) in [5.74, 6) is -0.408. The van der Waals surface area contributed by atoms with Crippen LogP contribution in [0.2, 0.25) is 0 Å². The standard InChI is InChI=1S/C24H19FN4/c1-16(18-8-5-11-27-14-18)12-20-22(13-26)29-24-23(20)19(21(25)15-28-24)10-9-17-6-3-2-4-7-17/h2-15H,1,26H2,(H,28,29)/b10-9+,20-12+,22-13+. The summed E-state index contributed by atoms with van der Waals surface area (Å²) in [6.45, 7) is 4.13. The van der Waals surface area contributed by atoms with Crippen molar-refractivity contribution >= 4 is 41.0 Å². The third-order valence-electron chi connectivity index (χ3n) is 4.64. The van der Waals surface area contributed by atoms with Crippen molar-refractivity contribution in [2.75, 3.05) is 0 Å². The van der Waals surface area contributed by atoms with Gasteiger partial charge in [-0.1, -0.05) is 55.1 Å². The smallest absolute Gasteiger partial charge is 0.149 e. The summed E-state index contributed by atoms with van der Waals surface area (Å²) in [6.07, 6.45) is 11.6. The predicted molar refractivity (Wildman–Crippen MR) is 117 cm³/mol. The number of fused-ring (bicyclic) bond motifs is 1. The Morgan fingerprint density at radius 2 is 1.90 bits per heavy atom. The van der Waals surface area contributed by atoms with Gasteiger partial charge in [-0.3, -0.25) is 4.98 Å². The van der Waals surface area contributed by atoms with Crippen molar-refractivity contribution in [3.8, 4) is 0 Å². The Morgan fingerprint density at radius 1 is 1.07 bits per heavy atom. The number of aromatic amines is 1. The van der Waals surface area contributed by atoms with Gasteiger partial charge in [-0.05, 0) is 28.8 Å². The second-order valence-corrected chi connectivity index (χ2v) is 6.52. The molecule has 0 amide bonds. The quantitative estimate of drug-likeness (QED) is 0.568. The number of rotatable bonds is 4. The number of nitrogens with zero attached hydrogens (tertiary/aromatic N) is 2. The van der Waals surface area contributed by atoms with Gasteiger partial charge in [0.25, 0.3) is 0 Å². The van der Waals surface area contributed by atoms with Crippen molar-refractivity contribution in [2.45, 2.75) is 0 Å². The summed E-state index contributed by atoms with van der Waals surface area (Å²) < 4.78 is 14.8. The molecule has 0 saturated carbocycles. The van der Waals surface area contributed by atoms with E-state index in [2.05, 4.69) is 21.5 Å². The highest BCUT2D eigenvalue weighted by Gasteiger charge is 2.11. The second kappa shape index (κ2) is 7.94. The van der Waals surface area contributed by atoms with Crippen molar-refractivity contribution in [3.05, 3.63) is 101 Å². The van der Waals surface area contributed by atoms with Crippen LogP contribution in [0.1, 0.15) is 16.7 Å². The van der Waals surface area contributed by atoms with Crippen molar-refractivity contribution < 1.29 is 4.39 Å². The summed E-state index contributed by atoms with van der Waals surface area (Å²) in [5.41, 5.74) is 9.41. The number of hydrogen-bond acceptors (Lipinski definition) is 3. The van der Waals surface area contributed by atoms with E-state index >= 15 is 0 Å². The average molecular weight is 382 g/mol. The van der Waals surface area contributed by atoms with Crippen LogP contribution in [0.3, 0.4) is 0 Å². The van der Waals surface area contributed by atoms with Crippen LogP contribution >= 0.6 is 0 Å². The number of benzene rings is 1. The van der Waals surface area contributed by atoms with E-state index in [9.17, 15) is 4.39 Å². The van der Waals surface area contributed by atoms with Crippen molar-refractivity contribution in [3.63, 3.8) is 0 Å². The number of H-pyrrole nitrogens is 1. The molecule has 0 aliphatic rings. The van der Waals surface area contributed by atoms with E-state index in [0.717, 1.165) is 21.9 Å². The minimum absolute atomic E-state index is 0.408. The van der Waals surface area contributed by atoms with Gasteiger partial charge in [0.05, 0.1) is 11.5 Å².